The van der Waals surface area contributed by atoms with Crippen molar-refractivity contribution in [3.8, 4) is 0 Å². The number of aryl methyl sites for hydroxylation is 1. The Kier molecular flexibility index (Phi) is 3.75. The summed E-state index contributed by atoms with van der Waals surface area (Å²) in [5, 5.41) is 13.9. The lowest BCUT2D eigenvalue weighted by atomic mass is 10.1. The Bertz CT molecular complexity index is 584. The SMILES string of the molecule is Cc1cc([N+](=O)[O-])cnc1N[C@H](C)c1ccccc1. The molecule has 0 amide bonds. The van der Waals surface area contributed by atoms with Gasteiger partial charge in [0.1, 0.15) is 12.0 Å². The minimum atomic E-state index is -0.440. The molecular formula is C14H15N3O2. The lowest BCUT2D eigenvalue weighted by Gasteiger charge is -2.16. The Morgan fingerprint density at radius 2 is 2.00 bits per heavy atom. The number of rotatable bonds is 4. The first kappa shape index (κ1) is 13.0. The summed E-state index contributed by atoms with van der Waals surface area (Å²) < 4.78 is 0. The van der Waals surface area contributed by atoms with Crippen molar-refractivity contribution >= 4 is 11.5 Å². The van der Waals surface area contributed by atoms with E-state index in [0.717, 1.165) is 11.1 Å². The first-order valence-electron chi connectivity index (χ1n) is 6.00. The van der Waals surface area contributed by atoms with Crippen molar-refractivity contribution in [3.05, 3.63) is 63.8 Å². The van der Waals surface area contributed by atoms with Crippen LogP contribution in [0.25, 0.3) is 0 Å². The van der Waals surface area contributed by atoms with Crippen LogP contribution < -0.4 is 5.32 Å². The normalized spacial score (nSPS) is 11.9. The summed E-state index contributed by atoms with van der Waals surface area (Å²) in [6.07, 6.45) is 1.27. The Morgan fingerprint density at radius 3 is 2.58 bits per heavy atom. The summed E-state index contributed by atoms with van der Waals surface area (Å²) in [4.78, 5) is 14.3. The van der Waals surface area contributed by atoms with Gasteiger partial charge in [0.25, 0.3) is 5.69 Å². The molecule has 0 saturated heterocycles. The number of hydrogen-bond donors (Lipinski definition) is 1. The largest absolute Gasteiger partial charge is 0.363 e. The number of anilines is 1. The summed E-state index contributed by atoms with van der Waals surface area (Å²) >= 11 is 0. The van der Waals surface area contributed by atoms with E-state index >= 15 is 0 Å². The summed E-state index contributed by atoms with van der Waals surface area (Å²) in [7, 11) is 0. The molecule has 0 fully saturated rings. The van der Waals surface area contributed by atoms with Gasteiger partial charge in [0.05, 0.1) is 4.92 Å². The van der Waals surface area contributed by atoms with Crippen LogP contribution in [0.2, 0.25) is 0 Å². The highest BCUT2D eigenvalue weighted by molar-refractivity contribution is 5.49. The van der Waals surface area contributed by atoms with Gasteiger partial charge < -0.3 is 5.32 Å². The van der Waals surface area contributed by atoms with Crippen molar-refractivity contribution in [3.63, 3.8) is 0 Å². The number of nitrogens with one attached hydrogen (secondary N) is 1. The van der Waals surface area contributed by atoms with Crippen LogP contribution >= 0.6 is 0 Å². The first-order valence-corrected chi connectivity index (χ1v) is 6.00. The third-order valence-corrected chi connectivity index (χ3v) is 2.93. The summed E-state index contributed by atoms with van der Waals surface area (Å²) in [5.74, 6) is 0.668. The van der Waals surface area contributed by atoms with Crippen LogP contribution in [0.4, 0.5) is 11.5 Å². The van der Waals surface area contributed by atoms with E-state index in [1.165, 1.54) is 12.3 Å². The molecule has 0 saturated carbocycles. The van der Waals surface area contributed by atoms with Crippen LogP contribution in [0.1, 0.15) is 24.1 Å². The molecule has 0 unspecified atom stereocenters. The second kappa shape index (κ2) is 5.48. The highest BCUT2D eigenvalue weighted by atomic mass is 16.6. The van der Waals surface area contributed by atoms with Gasteiger partial charge >= 0.3 is 0 Å². The van der Waals surface area contributed by atoms with Crippen LogP contribution in [0, 0.1) is 17.0 Å². The second-order valence-corrected chi connectivity index (χ2v) is 4.39. The van der Waals surface area contributed by atoms with Crippen molar-refractivity contribution in [1.29, 1.82) is 0 Å². The summed E-state index contributed by atoms with van der Waals surface area (Å²) in [6.45, 7) is 3.83. The number of benzene rings is 1. The van der Waals surface area contributed by atoms with Crippen LogP contribution in [-0.2, 0) is 0 Å². The van der Waals surface area contributed by atoms with E-state index in [-0.39, 0.29) is 11.7 Å². The molecule has 0 bridgehead atoms. The zero-order chi connectivity index (χ0) is 13.8. The topological polar surface area (TPSA) is 68.1 Å². The van der Waals surface area contributed by atoms with Gasteiger partial charge in [-0.1, -0.05) is 30.3 Å². The number of aromatic nitrogens is 1. The predicted molar refractivity (Wildman–Crippen MR) is 74.1 cm³/mol. The maximum Gasteiger partial charge on any atom is 0.287 e. The quantitative estimate of drug-likeness (QED) is 0.672. The van der Waals surface area contributed by atoms with Gasteiger partial charge in [-0.25, -0.2) is 4.98 Å². The predicted octanol–water partition coefficient (Wildman–Crippen LogP) is 3.47. The van der Waals surface area contributed by atoms with Crippen molar-refractivity contribution in [1.82, 2.24) is 4.98 Å². The lowest BCUT2D eigenvalue weighted by Crippen LogP contribution is -2.09. The Balaban J connectivity index is 2.18. The van der Waals surface area contributed by atoms with E-state index in [2.05, 4.69) is 10.3 Å². The van der Waals surface area contributed by atoms with Crippen molar-refractivity contribution < 1.29 is 4.92 Å². The van der Waals surface area contributed by atoms with E-state index in [1.807, 2.05) is 37.3 Å². The van der Waals surface area contributed by atoms with Crippen LogP contribution in [0.3, 0.4) is 0 Å². The van der Waals surface area contributed by atoms with Gasteiger partial charge in [-0.15, -0.1) is 0 Å². The van der Waals surface area contributed by atoms with Gasteiger partial charge in [-0.3, -0.25) is 10.1 Å². The molecule has 1 aromatic carbocycles. The average Bonchev–Trinajstić information content (AvgIpc) is 2.41. The number of nitro groups is 1. The smallest absolute Gasteiger partial charge is 0.287 e. The molecule has 98 valence electrons. The lowest BCUT2D eigenvalue weighted by molar-refractivity contribution is -0.385. The zero-order valence-electron chi connectivity index (χ0n) is 10.8. The molecule has 2 aromatic rings. The van der Waals surface area contributed by atoms with E-state index in [0.29, 0.717) is 5.82 Å². The molecule has 0 aliphatic rings. The fourth-order valence-electron chi connectivity index (χ4n) is 1.84. The third kappa shape index (κ3) is 3.07. The minimum absolute atomic E-state index is 0.00964. The molecule has 1 N–H and O–H groups in total. The molecule has 0 radical (unpaired) electrons. The number of nitrogens with zero attached hydrogens (tertiary/aromatic N) is 2. The minimum Gasteiger partial charge on any atom is -0.363 e. The highest BCUT2D eigenvalue weighted by Gasteiger charge is 2.11. The Hall–Kier alpha value is -2.43. The number of hydrogen-bond acceptors (Lipinski definition) is 4. The number of pyridine rings is 1. The maximum absolute atomic E-state index is 10.7. The van der Waals surface area contributed by atoms with E-state index in [1.54, 1.807) is 6.92 Å². The fraction of sp³-hybridized carbons (Fsp3) is 0.214. The molecule has 2 rings (SSSR count). The van der Waals surface area contributed by atoms with E-state index in [9.17, 15) is 10.1 Å². The van der Waals surface area contributed by atoms with Crippen LogP contribution in [0.15, 0.2) is 42.6 Å². The average molecular weight is 257 g/mol. The summed E-state index contributed by atoms with van der Waals surface area (Å²) in [6, 6.07) is 11.6. The molecule has 0 aliphatic heterocycles. The van der Waals surface area contributed by atoms with Crippen molar-refractivity contribution in [2.45, 2.75) is 19.9 Å². The monoisotopic (exact) mass is 257 g/mol. The van der Waals surface area contributed by atoms with Crippen LogP contribution in [0.5, 0.6) is 0 Å². The van der Waals surface area contributed by atoms with Crippen LogP contribution in [-0.4, -0.2) is 9.91 Å². The van der Waals surface area contributed by atoms with Gasteiger partial charge in [-0.05, 0) is 25.0 Å². The Labute approximate surface area is 111 Å². The second-order valence-electron chi connectivity index (χ2n) is 4.39. The summed E-state index contributed by atoms with van der Waals surface area (Å²) in [5.41, 5.74) is 1.91. The molecule has 1 atom stereocenters. The third-order valence-electron chi connectivity index (χ3n) is 2.93. The van der Waals surface area contributed by atoms with E-state index in [4.69, 9.17) is 0 Å². The van der Waals surface area contributed by atoms with Gasteiger partial charge in [0.2, 0.25) is 0 Å². The molecular weight excluding hydrogens is 242 g/mol. The molecule has 1 aromatic heterocycles. The zero-order valence-corrected chi connectivity index (χ0v) is 10.8. The molecule has 5 heteroatoms. The van der Waals surface area contributed by atoms with Crippen molar-refractivity contribution in [2.75, 3.05) is 5.32 Å². The molecule has 5 nitrogen and oxygen atoms in total. The van der Waals surface area contributed by atoms with Gasteiger partial charge in [0, 0.05) is 12.1 Å². The van der Waals surface area contributed by atoms with Crippen molar-refractivity contribution in [2.24, 2.45) is 0 Å². The molecule has 1 heterocycles. The first-order chi connectivity index (χ1) is 9.08. The van der Waals surface area contributed by atoms with Gasteiger partial charge in [-0.2, -0.15) is 0 Å². The standard InChI is InChI=1S/C14H15N3O2/c1-10-8-13(17(18)19)9-15-14(10)16-11(2)12-6-4-3-5-7-12/h3-9,11H,1-2H3,(H,15,16)/t11-/m1/s1. The van der Waals surface area contributed by atoms with Gasteiger partial charge in [0.15, 0.2) is 0 Å². The Morgan fingerprint density at radius 1 is 1.32 bits per heavy atom. The molecule has 0 aliphatic carbocycles. The molecule has 19 heavy (non-hydrogen) atoms. The van der Waals surface area contributed by atoms with E-state index < -0.39 is 4.92 Å². The molecule has 0 spiro atoms. The highest BCUT2D eigenvalue weighted by Crippen LogP contribution is 2.22. The maximum atomic E-state index is 10.7. The fourth-order valence-corrected chi connectivity index (χ4v) is 1.84.